The number of hydrogen-bond donors (Lipinski definition) is 2. The largest absolute Gasteiger partial charge is 0.467 e. The lowest BCUT2D eigenvalue weighted by atomic mass is 10.1. The molecule has 4 heterocycles. The van der Waals surface area contributed by atoms with Gasteiger partial charge < -0.3 is 20.3 Å². The summed E-state index contributed by atoms with van der Waals surface area (Å²) in [5.41, 5.74) is 12.0. The van der Waals surface area contributed by atoms with Crippen LogP contribution in [0.5, 0.6) is 0 Å². The Labute approximate surface area is 158 Å². The fourth-order valence-corrected chi connectivity index (χ4v) is 3.48. The van der Waals surface area contributed by atoms with Gasteiger partial charge in [-0.2, -0.15) is 5.10 Å². The quantitative estimate of drug-likeness (QED) is 0.505. The first-order valence-corrected chi connectivity index (χ1v) is 9.08. The predicted molar refractivity (Wildman–Crippen MR) is 99.7 cm³/mol. The maximum absolute atomic E-state index is 12.8. The second-order valence-corrected chi connectivity index (χ2v) is 6.73. The third-order valence-corrected chi connectivity index (χ3v) is 4.75. The number of carbonyl (C=O) groups excluding carboxylic acids is 1. The Kier molecular flexibility index (Phi) is 4.55. The van der Waals surface area contributed by atoms with Gasteiger partial charge >= 0.3 is 0 Å². The Hall–Kier alpha value is -3.27. The minimum atomic E-state index is -0.333. The van der Waals surface area contributed by atoms with Crippen LogP contribution in [0.25, 0.3) is 0 Å². The summed E-state index contributed by atoms with van der Waals surface area (Å²) < 4.78 is 10.9. The number of hydrazone groups is 1. The van der Waals surface area contributed by atoms with Crippen LogP contribution >= 0.6 is 11.8 Å². The monoisotopic (exact) mass is 384 g/mol. The van der Waals surface area contributed by atoms with Gasteiger partial charge in [-0.1, -0.05) is 11.8 Å². The van der Waals surface area contributed by atoms with Crippen LogP contribution in [0.4, 0.5) is 11.6 Å². The fourth-order valence-electron chi connectivity index (χ4n) is 2.75. The summed E-state index contributed by atoms with van der Waals surface area (Å²) in [5.74, 6) is 1.65. The van der Waals surface area contributed by atoms with Gasteiger partial charge in [-0.05, 0) is 24.3 Å². The van der Waals surface area contributed by atoms with E-state index in [0.717, 1.165) is 11.8 Å². The maximum Gasteiger partial charge on any atom is 0.253 e. The van der Waals surface area contributed by atoms with Gasteiger partial charge in [0.1, 0.15) is 34.9 Å². The molecular formula is C17H16N6O3S. The van der Waals surface area contributed by atoms with E-state index in [2.05, 4.69) is 15.1 Å². The third-order valence-electron chi connectivity index (χ3n) is 3.91. The van der Waals surface area contributed by atoms with E-state index in [-0.39, 0.29) is 29.3 Å². The van der Waals surface area contributed by atoms with Crippen molar-refractivity contribution in [2.24, 2.45) is 5.10 Å². The molecule has 10 heteroatoms. The summed E-state index contributed by atoms with van der Waals surface area (Å²) in [5, 5.41) is 6.21. The molecule has 9 nitrogen and oxygen atoms in total. The Morgan fingerprint density at radius 2 is 1.93 bits per heavy atom. The van der Waals surface area contributed by atoms with Crippen molar-refractivity contribution in [3.8, 4) is 0 Å². The molecule has 3 aromatic heterocycles. The van der Waals surface area contributed by atoms with E-state index >= 15 is 0 Å². The molecule has 0 fully saturated rings. The smallest absolute Gasteiger partial charge is 0.253 e. The highest BCUT2D eigenvalue weighted by Gasteiger charge is 2.35. The van der Waals surface area contributed by atoms with E-state index in [1.807, 2.05) is 12.1 Å². The first-order valence-electron chi connectivity index (χ1n) is 8.10. The van der Waals surface area contributed by atoms with Crippen molar-refractivity contribution < 1.29 is 13.6 Å². The van der Waals surface area contributed by atoms with Gasteiger partial charge in [-0.15, -0.1) is 0 Å². The number of rotatable bonds is 5. The fraction of sp³-hybridized carbons (Fsp3) is 0.176. The van der Waals surface area contributed by atoms with Gasteiger partial charge in [0.2, 0.25) is 0 Å². The second-order valence-electron chi connectivity index (χ2n) is 5.79. The number of amides is 1. The molecule has 1 unspecified atom stereocenters. The summed E-state index contributed by atoms with van der Waals surface area (Å²) in [6.07, 6.45) is 3.64. The Morgan fingerprint density at radius 3 is 2.59 bits per heavy atom. The van der Waals surface area contributed by atoms with E-state index < -0.39 is 0 Å². The van der Waals surface area contributed by atoms with Crippen LogP contribution in [0.2, 0.25) is 0 Å². The summed E-state index contributed by atoms with van der Waals surface area (Å²) >= 11 is 1.14. The lowest BCUT2D eigenvalue weighted by Crippen LogP contribution is -2.28. The molecule has 0 saturated carbocycles. The van der Waals surface area contributed by atoms with Crippen LogP contribution in [0.3, 0.4) is 0 Å². The van der Waals surface area contributed by atoms with Gasteiger partial charge in [0, 0.05) is 12.5 Å². The van der Waals surface area contributed by atoms with Crippen molar-refractivity contribution in [2.75, 3.05) is 17.2 Å². The van der Waals surface area contributed by atoms with Gasteiger partial charge in [0.25, 0.3) is 5.91 Å². The van der Waals surface area contributed by atoms with Gasteiger partial charge in [0.15, 0.2) is 5.16 Å². The number of nitrogens with zero attached hydrogens (tertiary/aromatic N) is 4. The molecule has 0 aliphatic carbocycles. The normalized spacial score (nSPS) is 16.5. The number of aromatic nitrogens is 2. The lowest BCUT2D eigenvalue weighted by molar-refractivity contribution is -0.130. The number of furan rings is 2. The van der Waals surface area contributed by atoms with Crippen LogP contribution in [-0.2, 0) is 4.79 Å². The van der Waals surface area contributed by atoms with E-state index in [4.69, 9.17) is 20.3 Å². The Balaban J connectivity index is 1.53. The van der Waals surface area contributed by atoms with Gasteiger partial charge in [0.05, 0.1) is 18.3 Å². The number of thioether (sulfide) groups is 1. The second kappa shape index (κ2) is 7.16. The number of nitrogen functional groups attached to an aromatic ring is 2. The maximum atomic E-state index is 12.8. The van der Waals surface area contributed by atoms with Crippen LogP contribution in [0.15, 0.2) is 62.0 Å². The van der Waals surface area contributed by atoms with Crippen LogP contribution in [0.1, 0.15) is 24.0 Å². The first-order chi connectivity index (χ1) is 13.1. The summed E-state index contributed by atoms with van der Waals surface area (Å²) in [6.45, 7) is 0. The molecule has 1 aliphatic rings. The molecule has 4 N–H and O–H groups in total. The molecule has 1 atom stereocenters. The molecule has 0 bridgehead atoms. The molecule has 27 heavy (non-hydrogen) atoms. The SMILES string of the molecule is Nc1cc(N)nc(SCC(=O)N2N=C(c3ccco3)CC2c2ccco2)n1. The van der Waals surface area contributed by atoms with E-state index in [9.17, 15) is 4.79 Å². The highest BCUT2D eigenvalue weighted by Crippen LogP contribution is 2.34. The molecule has 0 aromatic carbocycles. The number of nitrogens with two attached hydrogens (primary N) is 2. The van der Waals surface area contributed by atoms with Gasteiger partial charge in [-0.25, -0.2) is 15.0 Å². The minimum Gasteiger partial charge on any atom is -0.467 e. The van der Waals surface area contributed by atoms with Gasteiger partial charge in [-0.3, -0.25) is 4.79 Å². The molecule has 0 spiro atoms. The highest BCUT2D eigenvalue weighted by atomic mass is 32.2. The minimum absolute atomic E-state index is 0.0784. The van der Waals surface area contributed by atoms with Crippen molar-refractivity contribution in [3.63, 3.8) is 0 Å². The van der Waals surface area contributed by atoms with Crippen molar-refractivity contribution in [1.82, 2.24) is 15.0 Å². The predicted octanol–water partition coefficient (Wildman–Crippen LogP) is 2.30. The van der Waals surface area contributed by atoms with Crippen LogP contribution in [-0.4, -0.2) is 32.3 Å². The van der Waals surface area contributed by atoms with Crippen LogP contribution < -0.4 is 11.5 Å². The molecule has 3 aromatic rings. The topological polar surface area (TPSA) is 137 Å². The van der Waals surface area contributed by atoms with E-state index in [0.29, 0.717) is 28.8 Å². The molecule has 1 aliphatic heterocycles. The molecule has 0 radical (unpaired) electrons. The molecule has 4 rings (SSSR count). The zero-order valence-electron chi connectivity index (χ0n) is 14.1. The molecule has 0 saturated heterocycles. The van der Waals surface area contributed by atoms with Crippen molar-refractivity contribution in [2.45, 2.75) is 17.6 Å². The van der Waals surface area contributed by atoms with E-state index in [1.54, 1.807) is 24.7 Å². The standard InChI is InChI=1S/C17H16N6O3S/c18-14-8-15(19)21-17(20-14)27-9-16(24)23-11(13-4-2-6-26-13)7-10(22-23)12-3-1-5-25-12/h1-6,8,11H,7,9H2,(H4,18,19,20,21). The Bertz CT molecular complexity index is 950. The average molecular weight is 384 g/mol. The van der Waals surface area contributed by atoms with Crippen molar-refractivity contribution in [1.29, 1.82) is 0 Å². The van der Waals surface area contributed by atoms with Crippen molar-refractivity contribution >= 4 is 35.0 Å². The van der Waals surface area contributed by atoms with E-state index in [1.165, 1.54) is 11.1 Å². The number of anilines is 2. The Morgan fingerprint density at radius 1 is 1.19 bits per heavy atom. The zero-order chi connectivity index (χ0) is 18.8. The lowest BCUT2D eigenvalue weighted by Gasteiger charge is -2.19. The third kappa shape index (κ3) is 3.65. The summed E-state index contributed by atoms with van der Waals surface area (Å²) in [6, 6.07) is 8.31. The number of carbonyl (C=O) groups is 1. The number of hydrogen-bond acceptors (Lipinski definition) is 9. The summed E-state index contributed by atoms with van der Waals surface area (Å²) in [7, 11) is 0. The first kappa shape index (κ1) is 17.2. The van der Waals surface area contributed by atoms with Crippen molar-refractivity contribution in [3.05, 3.63) is 54.4 Å². The highest BCUT2D eigenvalue weighted by molar-refractivity contribution is 7.99. The van der Waals surface area contributed by atoms with Crippen LogP contribution in [0, 0.1) is 0 Å². The molecule has 138 valence electrons. The molecule has 1 amide bonds. The zero-order valence-corrected chi connectivity index (χ0v) is 14.9. The summed E-state index contributed by atoms with van der Waals surface area (Å²) in [4.78, 5) is 21.0. The molecular weight excluding hydrogens is 368 g/mol. The average Bonchev–Trinajstić information content (AvgIpc) is 3.39.